The molecule has 1 aromatic carbocycles. The van der Waals surface area contributed by atoms with E-state index in [2.05, 4.69) is 26.2 Å². The molecule has 0 radical (unpaired) electrons. The van der Waals surface area contributed by atoms with Gasteiger partial charge >= 0.3 is 6.09 Å². The van der Waals surface area contributed by atoms with Crippen LogP contribution in [0.15, 0.2) is 47.1 Å². The van der Waals surface area contributed by atoms with E-state index in [1.165, 1.54) is 0 Å². The maximum absolute atomic E-state index is 12.1. The van der Waals surface area contributed by atoms with Gasteiger partial charge in [0.1, 0.15) is 23.1 Å². The number of aromatic nitrogens is 1. The Labute approximate surface area is 167 Å². The lowest BCUT2D eigenvalue weighted by atomic mass is 10.1. The largest absolute Gasteiger partial charge is 0.490 e. The first-order chi connectivity index (χ1) is 12.2. The van der Waals surface area contributed by atoms with Gasteiger partial charge in [-0.1, -0.05) is 41.9 Å². The quantitative estimate of drug-likeness (QED) is 0.640. The molecule has 0 unspecified atom stereocenters. The summed E-state index contributed by atoms with van der Waals surface area (Å²) in [7, 11) is 0. The van der Waals surface area contributed by atoms with Crippen LogP contribution < -0.4 is 10.1 Å². The van der Waals surface area contributed by atoms with Crippen molar-refractivity contribution in [3.05, 3.63) is 57.8 Å². The molecule has 0 bridgehead atoms. The molecule has 0 aliphatic rings. The third-order valence-electron chi connectivity index (χ3n) is 3.27. The van der Waals surface area contributed by atoms with Gasteiger partial charge in [-0.05, 0) is 54.8 Å². The molecule has 0 saturated carbocycles. The summed E-state index contributed by atoms with van der Waals surface area (Å²) < 4.78 is 11.8. The predicted octanol–water partition coefficient (Wildman–Crippen LogP) is 5.01. The Hall–Kier alpha value is -1.79. The number of pyridine rings is 1. The van der Waals surface area contributed by atoms with Crippen molar-refractivity contribution in [2.45, 2.75) is 38.8 Å². The van der Waals surface area contributed by atoms with Crippen molar-refractivity contribution >= 4 is 33.6 Å². The second-order valence-corrected chi connectivity index (χ2v) is 8.00. The number of hydrogen-bond donors (Lipinski definition) is 1. The van der Waals surface area contributed by atoms with Crippen LogP contribution in [0.3, 0.4) is 0 Å². The fraction of sp³-hybridized carbons (Fsp3) is 0.368. The highest BCUT2D eigenvalue weighted by molar-refractivity contribution is 9.10. The lowest BCUT2D eigenvalue weighted by Gasteiger charge is -2.24. The summed E-state index contributed by atoms with van der Waals surface area (Å²) in [5, 5.41) is 3.24. The van der Waals surface area contributed by atoms with Gasteiger partial charge in [-0.15, -0.1) is 0 Å². The van der Waals surface area contributed by atoms with Crippen LogP contribution in [0.4, 0.5) is 4.79 Å². The molecule has 1 atom stereocenters. The number of nitrogens with zero attached hydrogens (tertiary/aromatic N) is 1. The van der Waals surface area contributed by atoms with E-state index in [1.54, 1.807) is 12.3 Å². The van der Waals surface area contributed by atoms with Crippen LogP contribution in [0.1, 0.15) is 26.3 Å². The number of carbonyl (C=O) groups excluding carboxylic acids is 1. The van der Waals surface area contributed by atoms with E-state index in [9.17, 15) is 4.79 Å². The Kier molecular flexibility index (Phi) is 7.29. The predicted molar refractivity (Wildman–Crippen MR) is 106 cm³/mol. The number of nitrogens with one attached hydrogen (secondary N) is 1. The molecule has 0 saturated heterocycles. The molecule has 2 rings (SSSR count). The van der Waals surface area contributed by atoms with Gasteiger partial charge < -0.3 is 14.8 Å². The summed E-state index contributed by atoms with van der Waals surface area (Å²) in [6.07, 6.45) is 1.68. The Balaban J connectivity index is 2.04. The number of carbonyl (C=O) groups is 1. The highest BCUT2D eigenvalue weighted by atomic mass is 79.9. The van der Waals surface area contributed by atoms with Crippen LogP contribution in [0, 0.1) is 0 Å². The van der Waals surface area contributed by atoms with Crippen molar-refractivity contribution < 1.29 is 14.3 Å². The number of alkyl carbamates (subject to hydrolysis) is 1. The fourth-order valence-corrected chi connectivity index (χ4v) is 2.64. The maximum atomic E-state index is 12.1. The maximum Gasteiger partial charge on any atom is 0.408 e. The number of rotatable bonds is 6. The van der Waals surface area contributed by atoms with Crippen molar-refractivity contribution in [3.8, 4) is 5.75 Å². The van der Waals surface area contributed by atoms with Gasteiger partial charge in [-0.2, -0.15) is 0 Å². The van der Waals surface area contributed by atoms with E-state index < -0.39 is 11.7 Å². The van der Waals surface area contributed by atoms with Crippen LogP contribution in [0.2, 0.25) is 5.15 Å². The van der Waals surface area contributed by atoms with Crippen LogP contribution >= 0.6 is 27.5 Å². The van der Waals surface area contributed by atoms with E-state index in [4.69, 9.17) is 21.1 Å². The topological polar surface area (TPSA) is 60.5 Å². The van der Waals surface area contributed by atoms with E-state index in [1.807, 2.05) is 51.1 Å². The zero-order valence-corrected chi connectivity index (χ0v) is 17.3. The summed E-state index contributed by atoms with van der Waals surface area (Å²) in [6.45, 7) is 5.74. The lowest BCUT2D eigenvalue weighted by Crippen LogP contribution is -2.43. The third-order valence-corrected chi connectivity index (χ3v) is 4.40. The van der Waals surface area contributed by atoms with E-state index in [-0.39, 0.29) is 12.6 Å². The molecule has 1 N–H and O–H groups in total. The highest BCUT2D eigenvalue weighted by Gasteiger charge is 2.20. The Morgan fingerprint density at radius 2 is 2.00 bits per heavy atom. The molecule has 0 fully saturated rings. The van der Waals surface area contributed by atoms with Crippen molar-refractivity contribution in [2.75, 3.05) is 6.61 Å². The van der Waals surface area contributed by atoms with Crippen LogP contribution in [0.25, 0.3) is 0 Å². The smallest absolute Gasteiger partial charge is 0.408 e. The minimum absolute atomic E-state index is 0.262. The SMILES string of the molecule is CC(C)(C)OC(=O)N[C@@H](COc1cnc(Cl)c(Br)c1)Cc1ccccc1. The molecular weight excluding hydrogens is 420 g/mol. The van der Waals surface area contributed by atoms with Gasteiger partial charge in [0, 0.05) is 0 Å². The standard InChI is InChI=1S/C19H22BrClN2O3/c1-19(2,3)26-18(24)23-14(9-13-7-5-4-6-8-13)12-25-15-10-16(20)17(21)22-11-15/h4-8,10-11,14H,9,12H2,1-3H3,(H,23,24)/t14-/m1/s1. The summed E-state index contributed by atoms with van der Waals surface area (Å²) in [5.41, 5.74) is 0.528. The van der Waals surface area contributed by atoms with Crippen LogP contribution in [-0.2, 0) is 11.2 Å². The molecule has 0 aliphatic heterocycles. The minimum Gasteiger partial charge on any atom is -0.490 e. The van der Waals surface area contributed by atoms with Gasteiger partial charge in [0.05, 0.1) is 16.7 Å². The number of amides is 1. The first kappa shape index (κ1) is 20.5. The van der Waals surface area contributed by atoms with Crippen LogP contribution in [0.5, 0.6) is 5.75 Å². The average molecular weight is 442 g/mol. The van der Waals surface area contributed by atoms with Gasteiger partial charge in [-0.25, -0.2) is 9.78 Å². The molecule has 1 aromatic heterocycles. The molecule has 5 nitrogen and oxygen atoms in total. The first-order valence-electron chi connectivity index (χ1n) is 8.20. The van der Waals surface area contributed by atoms with Crippen molar-refractivity contribution in [3.63, 3.8) is 0 Å². The lowest BCUT2D eigenvalue weighted by molar-refractivity contribution is 0.0488. The molecule has 0 aliphatic carbocycles. The Morgan fingerprint density at radius 1 is 1.31 bits per heavy atom. The number of hydrogen-bond acceptors (Lipinski definition) is 4. The third kappa shape index (κ3) is 7.22. The normalized spacial score (nSPS) is 12.3. The Bertz CT molecular complexity index is 735. The average Bonchev–Trinajstić information content (AvgIpc) is 2.55. The zero-order chi connectivity index (χ0) is 19.2. The number of ether oxygens (including phenoxy) is 2. The molecule has 26 heavy (non-hydrogen) atoms. The van der Waals surface area contributed by atoms with Gasteiger partial charge in [0.15, 0.2) is 0 Å². The monoisotopic (exact) mass is 440 g/mol. The molecule has 1 amide bonds. The van der Waals surface area contributed by atoms with Crippen LogP contribution in [-0.4, -0.2) is 29.3 Å². The molecule has 7 heteroatoms. The highest BCUT2D eigenvalue weighted by Crippen LogP contribution is 2.24. The minimum atomic E-state index is -0.562. The summed E-state index contributed by atoms with van der Waals surface area (Å²) in [4.78, 5) is 16.2. The summed E-state index contributed by atoms with van der Waals surface area (Å²) in [5.74, 6) is 0.560. The van der Waals surface area contributed by atoms with Crippen molar-refractivity contribution in [2.24, 2.45) is 0 Å². The second kappa shape index (κ2) is 9.24. The second-order valence-electron chi connectivity index (χ2n) is 6.79. The molecule has 2 aromatic rings. The molecule has 1 heterocycles. The van der Waals surface area contributed by atoms with Crippen molar-refractivity contribution in [1.29, 1.82) is 0 Å². The van der Waals surface area contributed by atoms with E-state index in [0.29, 0.717) is 21.8 Å². The summed E-state index contributed by atoms with van der Waals surface area (Å²) in [6, 6.07) is 11.4. The van der Waals surface area contributed by atoms with E-state index >= 15 is 0 Å². The van der Waals surface area contributed by atoms with Crippen molar-refractivity contribution in [1.82, 2.24) is 10.3 Å². The summed E-state index contributed by atoms with van der Waals surface area (Å²) >= 11 is 9.21. The zero-order valence-electron chi connectivity index (χ0n) is 15.0. The van der Waals surface area contributed by atoms with Gasteiger partial charge in [0.25, 0.3) is 0 Å². The fourth-order valence-electron chi connectivity index (χ4n) is 2.20. The number of halogens is 2. The first-order valence-corrected chi connectivity index (χ1v) is 9.37. The Morgan fingerprint density at radius 3 is 2.62 bits per heavy atom. The van der Waals surface area contributed by atoms with Gasteiger partial charge in [-0.3, -0.25) is 0 Å². The van der Waals surface area contributed by atoms with Gasteiger partial charge in [0.2, 0.25) is 0 Å². The molecule has 0 spiro atoms. The van der Waals surface area contributed by atoms with E-state index in [0.717, 1.165) is 5.56 Å². The number of benzene rings is 1. The molecule has 140 valence electrons. The molecular formula is C19H22BrClN2O3.